The van der Waals surface area contributed by atoms with Gasteiger partial charge < -0.3 is 14.8 Å². The molecule has 1 heterocycles. The van der Waals surface area contributed by atoms with Crippen molar-refractivity contribution in [3.63, 3.8) is 0 Å². The number of nitrogens with one attached hydrogen (secondary N) is 1. The molecule has 1 aromatic heterocycles. The summed E-state index contributed by atoms with van der Waals surface area (Å²) in [6.45, 7) is 2.81. The van der Waals surface area contributed by atoms with Gasteiger partial charge in [-0.15, -0.1) is 0 Å². The van der Waals surface area contributed by atoms with Gasteiger partial charge in [0, 0.05) is 33.2 Å². The van der Waals surface area contributed by atoms with Crippen molar-refractivity contribution in [1.82, 2.24) is 15.1 Å². The molecule has 5 nitrogen and oxygen atoms in total. The molecule has 20 heavy (non-hydrogen) atoms. The Morgan fingerprint density at radius 1 is 1.20 bits per heavy atom. The fourth-order valence-corrected chi connectivity index (χ4v) is 2.07. The van der Waals surface area contributed by atoms with Crippen molar-refractivity contribution >= 4 is 0 Å². The van der Waals surface area contributed by atoms with Crippen LogP contribution in [0.4, 0.5) is 0 Å². The van der Waals surface area contributed by atoms with Gasteiger partial charge in [0.25, 0.3) is 0 Å². The first-order chi connectivity index (χ1) is 9.74. The molecule has 0 spiro atoms. The van der Waals surface area contributed by atoms with Crippen LogP contribution in [-0.2, 0) is 16.0 Å². The van der Waals surface area contributed by atoms with E-state index in [1.54, 1.807) is 20.4 Å². The second kappa shape index (κ2) is 7.19. The highest BCUT2D eigenvalue weighted by atomic mass is 16.7. The topological polar surface area (TPSA) is 48.3 Å². The minimum absolute atomic E-state index is 0.121. The lowest BCUT2D eigenvalue weighted by Gasteiger charge is -2.22. The zero-order valence-electron chi connectivity index (χ0n) is 12.1. The molecule has 1 unspecified atom stereocenters. The average Bonchev–Trinajstić information content (AvgIpc) is 3.01. The maximum atomic E-state index is 5.22. The minimum Gasteiger partial charge on any atom is -0.354 e. The van der Waals surface area contributed by atoms with Crippen LogP contribution in [0.1, 0.15) is 12.5 Å². The Balaban J connectivity index is 1.91. The largest absolute Gasteiger partial charge is 0.354 e. The second-order valence-electron chi connectivity index (χ2n) is 4.63. The normalized spacial score (nSPS) is 12.8. The zero-order valence-corrected chi connectivity index (χ0v) is 12.1. The minimum atomic E-state index is -0.238. The molecular formula is C15H21N3O2. The van der Waals surface area contributed by atoms with E-state index in [-0.39, 0.29) is 12.3 Å². The van der Waals surface area contributed by atoms with Gasteiger partial charge in [-0.25, -0.2) is 4.68 Å². The monoisotopic (exact) mass is 275 g/mol. The van der Waals surface area contributed by atoms with E-state index in [0.29, 0.717) is 0 Å². The molecule has 0 bridgehead atoms. The van der Waals surface area contributed by atoms with Crippen molar-refractivity contribution in [2.45, 2.75) is 25.8 Å². The highest BCUT2D eigenvalue weighted by molar-refractivity contribution is 5.33. The molecule has 0 saturated heterocycles. The molecule has 0 aliphatic heterocycles. The Kier molecular flexibility index (Phi) is 5.29. The van der Waals surface area contributed by atoms with E-state index in [9.17, 15) is 0 Å². The van der Waals surface area contributed by atoms with E-state index in [2.05, 4.69) is 34.7 Å². The van der Waals surface area contributed by atoms with Crippen molar-refractivity contribution in [2.75, 3.05) is 14.2 Å². The van der Waals surface area contributed by atoms with Gasteiger partial charge in [-0.2, -0.15) is 5.10 Å². The SMILES string of the molecule is COC(OC)C(C)NCc1ccc(-n2cccn2)cc1. The van der Waals surface area contributed by atoms with E-state index >= 15 is 0 Å². The second-order valence-corrected chi connectivity index (χ2v) is 4.63. The first-order valence-electron chi connectivity index (χ1n) is 6.62. The van der Waals surface area contributed by atoms with E-state index < -0.39 is 0 Å². The summed E-state index contributed by atoms with van der Waals surface area (Å²) < 4.78 is 12.3. The van der Waals surface area contributed by atoms with Crippen LogP contribution in [-0.4, -0.2) is 36.3 Å². The number of nitrogens with zero attached hydrogens (tertiary/aromatic N) is 2. The van der Waals surface area contributed by atoms with Crippen LogP contribution in [0, 0.1) is 0 Å². The van der Waals surface area contributed by atoms with Gasteiger partial charge in [0.15, 0.2) is 6.29 Å². The Hall–Kier alpha value is -1.69. The molecule has 0 saturated carbocycles. The number of benzene rings is 1. The predicted molar refractivity (Wildman–Crippen MR) is 77.7 cm³/mol. The van der Waals surface area contributed by atoms with Crippen LogP contribution < -0.4 is 5.32 Å². The summed E-state index contributed by atoms with van der Waals surface area (Å²) in [5.74, 6) is 0. The van der Waals surface area contributed by atoms with Crippen LogP contribution in [0.25, 0.3) is 5.69 Å². The van der Waals surface area contributed by atoms with Gasteiger partial charge in [-0.3, -0.25) is 0 Å². The van der Waals surface area contributed by atoms with Crippen molar-refractivity contribution in [3.8, 4) is 5.69 Å². The summed E-state index contributed by atoms with van der Waals surface area (Å²) in [7, 11) is 3.29. The Labute approximate surface area is 119 Å². The summed E-state index contributed by atoms with van der Waals surface area (Å²) in [4.78, 5) is 0. The summed E-state index contributed by atoms with van der Waals surface area (Å²) in [5.41, 5.74) is 2.26. The quantitative estimate of drug-likeness (QED) is 0.785. The third-order valence-electron chi connectivity index (χ3n) is 3.21. The van der Waals surface area contributed by atoms with Crippen molar-refractivity contribution < 1.29 is 9.47 Å². The molecule has 0 aliphatic rings. The van der Waals surface area contributed by atoms with Gasteiger partial charge in [0.05, 0.1) is 11.7 Å². The maximum Gasteiger partial charge on any atom is 0.171 e. The van der Waals surface area contributed by atoms with Gasteiger partial charge in [-0.05, 0) is 30.7 Å². The number of hydrogen-bond donors (Lipinski definition) is 1. The number of rotatable bonds is 7. The lowest BCUT2D eigenvalue weighted by Crippen LogP contribution is -2.39. The Morgan fingerprint density at radius 3 is 2.45 bits per heavy atom. The van der Waals surface area contributed by atoms with Gasteiger partial charge in [-0.1, -0.05) is 12.1 Å². The van der Waals surface area contributed by atoms with Crippen molar-refractivity contribution in [2.24, 2.45) is 0 Å². The highest BCUT2D eigenvalue weighted by Gasteiger charge is 2.14. The van der Waals surface area contributed by atoms with Gasteiger partial charge in [0.1, 0.15) is 0 Å². The van der Waals surface area contributed by atoms with E-state index in [4.69, 9.17) is 9.47 Å². The zero-order chi connectivity index (χ0) is 14.4. The van der Waals surface area contributed by atoms with Crippen molar-refractivity contribution in [3.05, 3.63) is 48.3 Å². The lowest BCUT2D eigenvalue weighted by molar-refractivity contribution is -0.119. The third kappa shape index (κ3) is 3.66. The molecule has 2 aromatic rings. The molecule has 0 fully saturated rings. The Morgan fingerprint density at radius 2 is 1.90 bits per heavy atom. The smallest absolute Gasteiger partial charge is 0.171 e. The first-order valence-corrected chi connectivity index (χ1v) is 6.62. The van der Waals surface area contributed by atoms with Crippen molar-refractivity contribution in [1.29, 1.82) is 0 Å². The number of ether oxygens (including phenoxy) is 2. The maximum absolute atomic E-state index is 5.22. The molecule has 108 valence electrons. The molecule has 1 aromatic carbocycles. The highest BCUT2D eigenvalue weighted by Crippen LogP contribution is 2.09. The fraction of sp³-hybridized carbons (Fsp3) is 0.400. The van der Waals surface area contributed by atoms with Crippen LogP contribution in [0.5, 0.6) is 0 Å². The Bertz CT molecular complexity index is 492. The molecule has 1 atom stereocenters. The van der Waals surface area contributed by atoms with Crippen LogP contribution in [0.3, 0.4) is 0 Å². The summed E-state index contributed by atoms with van der Waals surface area (Å²) in [5, 5.41) is 7.59. The van der Waals surface area contributed by atoms with Crippen LogP contribution >= 0.6 is 0 Å². The third-order valence-corrected chi connectivity index (χ3v) is 3.21. The van der Waals surface area contributed by atoms with Crippen LogP contribution in [0.15, 0.2) is 42.7 Å². The summed E-state index contributed by atoms with van der Waals surface area (Å²) >= 11 is 0. The summed E-state index contributed by atoms with van der Waals surface area (Å²) in [6, 6.07) is 10.3. The van der Waals surface area contributed by atoms with E-state index in [0.717, 1.165) is 12.2 Å². The number of aromatic nitrogens is 2. The van der Waals surface area contributed by atoms with Gasteiger partial charge in [0.2, 0.25) is 0 Å². The fourth-order valence-electron chi connectivity index (χ4n) is 2.07. The van der Waals surface area contributed by atoms with Gasteiger partial charge >= 0.3 is 0 Å². The predicted octanol–water partition coefficient (Wildman–Crippen LogP) is 1.97. The molecule has 0 radical (unpaired) electrons. The molecular weight excluding hydrogens is 254 g/mol. The average molecular weight is 275 g/mol. The lowest BCUT2D eigenvalue weighted by atomic mass is 10.2. The van der Waals surface area contributed by atoms with Crippen LogP contribution in [0.2, 0.25) is 0 Å². The first kappa shape index (κ1) is 14.7. The number of hydrogen-bond acceptors (Lipinski definition) is 4. The molecule has 2 rings (SSSR count). The molecule has 0 aliphatic carbocycles. The standard InChI is InChI=1S/C15H21N3O2/c1-12(15(19-2)20-3)16-11-13-5-7-14(8-6-13)18-10-4-9-17-18/h4-10,12,15-16H,11H2,1-3H3. The molecule has 1 N–H and O–H groups in total. The molecule has 5 heteroatoms. The number of methoxy groups -OCH3 is 2. The molecule has 0 amide bonds. The van der Waals surface area contributed by atoms with E-state index in [1.165, 1.54) is 5.56 Å². The summed E-state index contributed by atoms with van der Waals surface area (Å²) in [6.07, 6.45) is 3.46. The van der Waals surface area contributed by atoms with E-state index in [1.807, 2.05) is 23.9 Å².